The van der Waals surface area contributed by atoms with Crippen molar-refractivity contribution in [3.63, 3.8) is 0 Å². The molecule has 0 saturated carbocycles. The molecular weight excluding hydrogens is 520 g/mol. The summed E-state index contributed by atoms with van der Waals surface area (Å²) in [5, 5.41) is 3.00. The minimum Gasteiger partial charge on any atom is -0.346 e. The number of rotatable bonds is 4. The van der Waals surface area contributed by atoms with Crippen molar-refractivity contribution in [1.29, 1.82) is 0 Å². The molecule has 1 aliphatic rings. The van der Waals surface area contributed by atoms with E-state index in [1.165, 1.54) is 24.5 Å². The van der Waals surface area contributed by atoms with Gasteiger partial charge in [0.1, 0.15) is 5.65 Å². The normalized spacial score (nSPS) is 14.9. The van der Waals surface area contributed by atoms with Crippen LogP contribution in [0.4, 0.5) is 22.7 Å². The van der Waals surface area contributed by atoms with E-state index in [9.17, 15) is 22.4 Å². The van der Waals surface area contributed by atoms with Crippen LogP contribution in [0.2, 0.25) is 0 Å². The second kappa shape index (κ2) is 10.5. The fraction of sp³-hybridized carbons (Fsp3) is 0.269. The third-order valence-electron chi connectivity index (χ3n) is 6.23. The van der Waals surface area contributed by atoms with Crippen molar-refractivity contribution >= 4 is 33.4 Å². The Labute approximate surface area is 219 Å². The third-order valence-corrected chi connectivity index (χ3v) is 7.06. The van der Waals surface area contributed by atoms with Crippen LogP contribution in [0.3, 0.4) is 0 Å². The second-order valence-electron chi connectivity index (χ2n) is 8.91. The molecule has 3 aromatic heterocycles. The molecular formula is C26H22F4N6OS. The lowest BCUT2D eigenvalue weighted by atomic mass is 10.0. The topological polar surface area (TPSA) is 77.2 Å². The number of hydrogen-bond donors (Lipinski definition) is 2. The molecule has 1 fully saturated rings. The number of halogens is 4. The van der Waals surface area contributed by atoms with Gasteiger partial charge in [0.2, 0.25) is 0 Å². The number of hydrogen-bond acceptors (Lipinski definition) is 6. The molecule has 0 bridgehead atoms. The monoisotopic (exact) mass is 542 g/mol. The van der Waals surface area contributed by atoms with Crippen LogP contribution in [-0.2, 0) is 12.7 Å². The van der Waals surface area contributed by atoms with Crippen molar-refractivity contribution in [2.75, 3.05) is 38.5 Å². The molecule has 1 aromatic carbocycles. The molecule has 0 aliphatic carbocycles. The molecule has 7 nitrogen and oxygen atoms in total. The Morgan fingerprint density at radius 2 is 1.92 bits per heavy atom. The first kappa shape index (κ1) is 25.8. The Morgan fingerprint density at radius 1 is 1.13 bits per heavy atom. The third kappa shape index (κ3) is 5.70. The van der Waals surface area contributed by atoms with Gasteiger partial charge in [-0.3, -0.25) is 15.0 Å². The van der Waals surface area contributed by atoms with E-state index in [0.717, 1.165) is 30.5 Å². The largest absolute Gasteiger partial charge is 0.416 e. The first-order valence-electron chi connectivity index (χ1n) is 11.7. The number of likely N-dealkylation sites (N-methyl/N-ethyl adjacent to an activating group) is 1. The molecule has 196 valence electrons. The average Bonchev–Trinajstić information content (AvgIpc) is 3.54. The van der Waals surface area contributed by atoms with Crippen LogP contribution in [0.25, 0.3) is 11.0 Å². The van der Waals surface area contributed by atoms with E-state index in [0.29, 0.717) is 29.0 Å². The number of piperazine rings is 1. The maximum atomic E-state index is 14.5. The fourth-order valence-corrected chi connectivity index (χ4v) is 4.78. The van der Waals surface area contributed by atoms with Crippen LogP contribution in [0, 0.1) is 17.7 Å². The molecule has 1 aliphatic heterocycles. The lowest BCUT2D eigenvalue weighted by Crippen LogP contribution is -2.44. The number of H-pyrrole nitrogens is 1. The lowest BCUT2D eigenvalue weighted by molar-refractivity contribution is -0.138. The minimum absolute atomic E-state index is 0.104. The van der Waals surface area contributed by atoms with Crippen LogP contribution in [0.5, 0.6) is 0 Å². The van der Waals surface area contributed by atoms with E-state index in [1.807, 2.05) is 11.9 Å². The summed E-state index contributed by atoms with van der Waals surface area (Å²) in [7, 11) is 1.98. The summed E-state index contributed by atoms with van der Waals surface area (Å²) < 4.78 is 56.1. The number of pyridine rings is 1. The van der Waals surface area contributed by atoms with Gasteiger partial charge in [-0.05, 0) is 36.7 Å². The predicted octanol–water partition coefficient (Wildman–Crippen LogP) is 4.58. The summed E-state index contributed by atoms with van der Waals surface area (Å²) >= 11 is 1.02. The molecule has 0 spiro atoms. The Bertz CT molecular complexity index is 1540. The molecule has 1 saturated heterocycles. The van der Waals surface area contributed by atoms with E-state index >= 15 is 0 Å². The molecule has 1 amide bonds. The maximum Gasteiger partial charge on any atom is 0.416 e. The lowest BCUT2D eigenvalue weighted by Gasteiger charge is -2.33. The van der Waals surface area contributed by atoms with Gasteiger partial charge in [-0.2, -0.15) is 13.2 Å². The summed E-state index contributed by atoms with van der Waals surface area (Å²) in [6.45, 7) is 3.09. The Balaban J connectivity index is 1.30. The smallest absolute Gasteiger partial charge is 0.346 e. The molecule has 38 heavy (non-hydrogen) atoms. The van der Waals surface area contributed by atoms with Crippen LogP contribution in [0.15, 0.2) is 42.9 Å². The number of benzene rings is 1. The first-order valence-corrected chi connectivity index (χ1v) is 12.5. The van der Waals surface area contributed by atoms with Gasteiger partial charge >= 0.3 is 6.18 Å². The van der Waals surface area contributed by atoms with Crippen LogP contribution in [0.1, 0.15) is 31.9 Å². The van der Waals surface area contributed by atoms with Gasteiger partial charge in [0, 0.05) is 50.7 Å². The van der Waals surface area contributed by atoms with Gasteiger partial charge in [0.05, 0.1) is 27.6 Å². The zero-order valence-electron chi connectivity index (χ0n) is 20.2. The van der Waals surface area contributed by atoms with Crippen LogP contribution in [-0.4, -0.2) is 63.9 Å². The van der Waals surface area contributed by atoms with Crippen molar-refractivity contribution in [1.82, 2.24) is 24.8 Å². The van der Waals surface area contributed by atoms with Gasteiger partial charge in [-0.25, -0.2) is 14.4 Å². The highest BCUT2D eigenvalue weighted by Gasteiger charge is 2.34. The molecule has 0 atom stereocenters. The molecule has 0 unspecified atom stereocenters. The minimum atomic E-state index is -4.60. The van der Waals surface area contributed by atoms with Gasteiger partial charge in [0.25, 0.3) is 5.91 Å². The number of amides is 1. The van der Waals surface area contributed by atoms with Gasteiger partial charge in [-0.15, -0.1) is 0 Å². The standard InChI is InChI=1S/C26H22F4N6OS/c1-35-8-10-36(11-9-35)15-18-3-2-16(12-21(18)26(28,29)30)24(37)34-25-33-14-19(38-25)5-4-17-13-32-23-20(22(17)27)6-7-31-23/h2-3,6-7,12-14H,8-11,15H2,1H3,(H,31,32)(H,33,34,37). The number of nitrogens with zero attached hydrogens (tertiary/aromatic N) is 4. The molecule has 4 heterocycles. The molecule has 2 N–H and O–H groups in total. The Morgan fingerprint density at radius 3 is 2.68 bits per heavy atom. The van der Waals surface area contributed by atoms with Crippen LogP contribution >= 0.6 is 11.3 Å². The van der Waals surface area contributed by atoms with Crippen molar-refractivity contribution in [2.45, 2.75) is 12.7 Å². The van der Waals surface area contributed by atoms with Gasteiger partial charge in [0.15, 0.2) is 10.9 Å². The number of nitrogens with one attached hydrogen (secondary N) is 2. The number of aromatic nitrogens is 3. The van der Waals surface area contributed by atoms with E-state index in [-0.39, 0.29) is 28.4 Å². The summed E-state index contributed by atoms with van der Waals surface area (Å²) in [6, 6.07) is 5.18. The summed E-state index contributed by atoms with van der Waals surface area (Å²) in [4.78, 5) is 28.3. The number of alkyl halides is 3. The fourth-order valence-electron chi connectivity index (χ4n) is 4.12. The Hall–Kier alpha value is -3.79. The predicted molar refractivity (Wildman–Crippen MR) is 136 cm³/mol. The summed E-state index contributed by atoms with van der Waals surface area (Å²) in [6.07, 6.45) is -0.311. The molecule has 12 heteroatoms. The number of carbonyl (C=O) groups is 1. The highest BCUT2D eigenvalue weighted by Crippen LogP contribution is 2.34. The summed E-state index contributed by atoms with van der Waals surface area (Å²) in [5.41, 5.74) is -0.311. The van der Waals surface area contributed by atoms with E-state index in [4.69, 9.17) is 0 Å². The van der Waals surface area contributed by atoms with E-state index in [1.54, 1.807) is 12.3 Å². The quantitative estimate of drug-likeness (QED) is 0.292. The van der Waals surface area contributed by atoms with Crippen molar-refractivity contribution < 1.29 is 22.4 Å². The number of fused-ring (bicyclic) bond motifs is 1. The first-order chi connectivity index (χ1) is 18.2. The number of aromatic amines is 1. The van der Waals surface area contributed by atoms with Crippen molar-refractivity contribution in [3.05, 3.63) is 75.8 Å². The van der Waals surface area contributed by atoms with Crippen LogP contribution < -0.4 is 5.32 Å². The van der Waals surface area contributed by atoms with Gasteiger partial charge < -0.3 is 9.88 Å². The number of carbonyl (C=O) groups excluding carboxylic acids is 1. The van der Waals surface area contributed by atoms with Crippen molar-refractivity contribution in [2.24, 2.45) is 0 Å². The van der Waals surface area contributed by atoms with Crippen molar-refractivity contribution in [3.8, 4) is 11.8 Å². The summed E-state index contributed by atoms with van der Waals surface area (Å²) in [5.74, 6) is 4.26. The van der Waals surface area contributed by atoms with E-state index < -0.39 is 23.5 Å². The van der Waals surface area contributed by atoms with Gasteiger partial charge in [-0.1, -0.05) is 23.3 Å². The second-order valence-corrected chi connectivity index (χ2v) is 9.94. The molecule has 4 aromatic rings. The zero-order chi connectivity index (χ0) is 26.9. The maximum absolute atomic E-state index is 14.5. The highest BCUT2D eigenvalue weighted by molar-refractivity contribution is 7.16. The SMILES string of the molecule is CN1CCN(Cc2ccc(C(=O)Nc3ncc(C#Cc4cnc5[nH]ccc5c4F)s3)cc2C(F)(F)F)CC1. The van der Waals surface area contributed by atoms with E-state index in [2.05, 4.69) is 37.0 Å². The number of thiazole rings is 1. The molecule has 0 radical (unpaired) electrons. The Kier molecular flexibility index (Phi) is 7.16. The molecule has 5 rings (SSSR count). The zero-order valence-corrected chi connectivity index (χ0v) is 21.0. The average molecular weight is 543 g/mol. The highest BCUT2D eigenvalue weighted by atomic mass is 32.1. The number of anilines is 1.